The van der Waals surface area contributed by atoms with Gasteiger partial charge in [0.25, 0.3) is 0 Å². The highest BCUT2D eigenvalue weighted by Crippen LogP contribution is 2.40. The number of aryl methyl sites for hydroxylation is 2. The summed E-state index contributed by atoms with van der Waals surface area (Å²) in [6.07, 6.45) is 3.84. The summed E-state index contributed by atoms with van der Waals surface area (Å²) < 4.78 is 4.82. The minimum atomic E-state index is -0.109. The molecule has 1 aromatic carbocycles. The van der Waals surface area contributed by atoms with Gasteiger partial charge in [0.15, 0.2) is 0 Å². The second-order valence-electron chi connectivity index (χ2n) is 5.33. The molecule has 1 aromatic rings. The number of esters is 1. The number of benzene rings is 1. The SMILES string of the molecule is COC(=O)CC1(C)CCCc2ccc(C)cc21. The van der Waals surface area contributed by atoms with Crippen LogP contribution in [-0.4, -0.2) is 13.1 Å². The van der Waals surface area contributed by atoms with Crippen molar-refractivity contribution in [2.45, 2.75) is 44.9 Å². The van der Waals surface area contributed by atoms with Gasteiger partial charge in [0.05, 0.1) is 13.5 Å². The van der Waals surface area contributed by atoms with Gasteiger partial charge in [-0.25, -0.2) is 0 Å². The maximum Gasteiger partial charge on any atom is 0.306 e. The molecule has 92 valence electrons. The van der Waals surface area contributed by atoms with Gasteiger partial charge in [-0.1, -0.05) is 30.7 Å². The number of carbonyl (C=O) groups is 1. The smallest absolute Gasteiger partial charge is 0.306 e. The lowest BCUT2D eigenvalue weighted by Crippen LogP contribution is -2.31. The van der Waals surface area contributed by atoms with Gasteiger partial charge in [-0.2, -0.15) is 0 Å². The zero-order valence-electron chi connectivity index (χ0n) is 10.9. The van der Waals surface area contributed by atoms with E-state index >= 15 is 0 Å². The molecule has 1 aliphatic rings. The highest BCUT2D eigenvalue weighted by atomic mass is 16.5. The van der Waals surface area contributed by atoms with Crippen LogP contribution in [0.15, 0.2) is 18.2 Å². The monoisotopic (exact) mass is 232 g/mol. The number of carbonyl (C=O) groups excluding carboxylic acids is 1. The van der Waals surface area contributed by atoms with Gasteiger partial charge in [0.1, 0.15) is 0 Å². The second-order valence-corrected chi connectivity index (χ2v) is 5.33. The van der Waals surface area contributed by atoms with Crippen LogP contribution in [0, 0.1) is 6.92 Å². The van der Waals surface area contributed by atoms with Crippen LogP contribution in [0.1, 0.15) is 42.9 Å². The lowest BCUT2D eigenvalue weighted by Gasteiger charge is -2.35. The molecule has 1 aliphatic carbocycles. The fraction of sp³-hybridized carbons (Fsp3) is 0.533. The summed E-state index contributed by atoms with van der Waals surface area (Å²) in [4.78, 5) is 11.6. The van der Waals surface area contributed by atoms with E-state index in [9.17, 15) is 4.79 Å². The van der Waals surface area contributed by atoms with E-state index in [1.165, 1.54) is 23.8 Å². The minimum Gasteiger partial charge on any atom is -0.469 e. The first kappa shape index (κ1) is 12.2. The fourth-order valence-corrected chi connectivity index (χ4v) is 2.85. The molecule has 0 aromatic heterocycles. The third-order valence-corrected chi connectivity index (χ3v) is 3.85. The van der Waals surface area contributed by atoms with Crippen molar-refractivity contribution in [3.63, 3.8) is 0 Å². The largest absolute Gasteiger partial charge is 0.469 e. The first-order valence-electron chi connectivity index (χ1n) is 6.22. The number of rotatable bonds is 2. The highest BCUT2D eigenvalue weighted by molar-refractivity contribution is 5.71. The molecule has 0 radical (unpaired) electrons. The molecule has 1 unspecified atom stereocenters. The lowest BCUT2D eigenvalue weighted by molar-refractivity contribution is -0.142. The summed E-state index contributed by atoms with van der Waals surface area (Å²) in [7, 11) is 1.46. The normalized spacial score (nSPS) is 23.0. The van der Waals surface area contributed by atoms with Crippen LogP contribution in [0.3, 0.4) is 0 Å². The van der Waals surface area contributed by atoms with E-state index in [1.54, 1.807) is 0 Å². The van der Waals surface area contributed by atoms with Crippen molar-refractivity contribution in [3.8, 4) is 0 Å². The van der Waals surface area contributed by atoms with Gasteiger partial charge in [-0.05, 0) is 37.3 Å². The maximum atomic E-state index is 11.6. The Balaban J connectivity index is 2.38. The van der Waals surface area contributed by atoms with Crippen molar-refractivity contribution in [1.29, 1.82) is 0 Å². The third-order valence-electron chi connectivity index (χ3n) is 3.85. The Morgan fingerprint density at radius 1 is 1.47 bits per heavy atom. The van der Waals surface area contributed by atoms with Gasteiger partial charge in [0, 0.05) is 5.41 Å². The molecule has 2 heteroatoms. The van der Waals surface area contributed by atoms with Crippen molar-refractivity contribution in [2.75, 3.05) is 7.11 Å². The van der Waals surface area contributed by atoms with Crippen LogP contribution in [0.4, 0.5) is 0 Å². The predicted molar refractivity (Wildman–Crippen MR) is 68.1 cm³/mol. The van der Waals surface area contributed by atoms with Crippen molar-refractivity contribution >= 4 is 5.97 Å². The summed E-state index contributed by atoms with van der Waals surface area (Å²) in [5.74, 6) is -0.109. The molecule has 0 bridgehead atoms. The standard InChI is InChI=1S/C15H20O2/c1-11-6-7-12-5-4-8-15(2,13(12)9-11)10-14(16)17-3/h6-7,9H,4-5,8,10H2,1-3H3. The Hall–Kier alpha value is -1.31. The summed E-state index contributed by atoms with van der Waals surface area (Å²) in [5.41, 5.74) is 3.95. The molecule has 1 atom stereocenters. The van der Waals surface area contributed by atoms with Gasteiger partial charge >= 0.3 is 5.97 Å². The van der Waals surface area contributed by atoms with Crippen molar-refractivity contribution in [3.05, 3.63) is 34.9 Å². The van der Waals surface area contributed by atoms with E-state index in [2.05, 4.69) is 32.0 Å². The zero-order chi connectivity index (χ0) is 12.5. The molecular weight excluding hydrogens is 212 g/mol. The molecule has 0 saturated carbocycles. The molecule has 0 fully saturated rings. The zero-order valence-corrected chi connectivity index (χ0v) is 10.9. The average molecular weight is 232 g/mol. The van der Waals surface area contributed by atoms with Crippen LogP contribution >= 0.6 is 0 Å². The Bertz CT molecular complexity index is 437. The minimum absolute atomic E-state index is 0.0489. The molecule has 0 spiro atoms. The molecule has 0 amide bonds. The van der Waals surface area contributed by atoms with Crippen LogP contribution in [0.5, 0.6) is 0 Å². The molecule has 2 rings (SSSR count). The molecule has 0 saturated heterocycles. The molecule has 0 N–H and O–H groups in total. The molecule has 0 aliphatic heterocycles. The van der Waals surface area contributed by atoms with E-state index in [4.69, 9.17) is 4.74 Å². The Labute approximate surface area is 103 Å². The van der Waals surface area contributed by atoms with Crippen LogP contribution < -0.4 is 0 Å². The molecule has 0 heterocycles. The van der Waals surface area contributed by atoms with E-state index in [0.29, 0.717) is 6.42 Å². The molecular formula is C15H20O2. The molecule has 2 nitrogen and oxygen atoms in total. The van der Waals surface area contributed by atoms with E-state index in [1.807, 2.05) is 0 Å². The average Bonchev–Trinajstić information content (AvgIpc) is 2.30. The predicted octanol–water partition coefficient (Wildman–Crippen LogP) is 3.15. The van der Waals surface area contributed by atoms with Gasteiger partial charge < -0.3 is 4.74 Å². The van der Waals surface area contributed by atoms with Crippen molar-refractivity contribution in [1.82, 2.24) is 0 Å². The molecule has 17 heavy (non-hydrogen) atoms. The number of methoxy groups -OCH3 is 1. The van der Waals surface area contributed by atoms with Crippen LogP contribution in [0.25, 0.3) is 0 Å². The number of ether oxygens (including phenoxy) is 1. The van der Waals surface area contributed by atoms with Crippen LogP contribution in [0.2, 0.25) is 0 Å². The van der Waals surface area contributed by atoms with Gasteiger partial charge in [-0.3, -0.25) is 4.79 Å². The maximum absolute atomic E-state index is 11.6. The number of fused-ring (bicyclic) bond motifs is 1. The lowest BCUT2D eigenvalue weighted by atomic mass is 9.69. The summed E-state index contributed by atoms with van der Waals surface area (Å²) in [6, 6.07) is 6.60. The number of hydrogen-bond donors (Lipinski definition) is 0. The van der Waals surface area contributed by atoms with E-state index in [-0.39, 0.29) is 11.4 Å². The first-order valence-corrected chi connectivity index (χ1v) is 6.22. The third kappa shape index (κ3) is 2.36. The second kappa shape index (κ2) is 4.52. The number of hydrogen-bond acceptors (Lipinski definition) is 2. The van der Waals surface area contributed by atoms with Crippen molar-refractivity contribution < 1.29 is 9.53 Å². The van der Waals surface area contributed by atoms with E-state index in [0.717, 1.165) is 19.3 Å². The van der Waals surface area contributed by atoms with Crippen LogP contribution in [-0.2, 0) is 21.4 Å². The quantitative estimate of drug-likeness (QED) is 0.732. The summed E-state index contributed by atoms with van der Waals surface area (Å²) >= 11 is 0. The van der Waals surface area contributed by atoms with Gasteiger partial charge in [0.2, 0.25) is 0 Å². The summed E-state index contributed by atoms with van der Waals surface area (Å²) in [6.45, 7) is 4.29. The van der Waals surface area contributed by atoms with Gasteiger partial charge in [-0.15, -0.1) is 0 Å². The first-order chi connectivity index (χ1) is 8.05. The topological polar surface area (TPSA) is 26.3 Å². The van der Waals surface area contributed by atoms with Crippen molar-refractivity contribution in [2.24, 2.45) is 0 Å². The Morgan fingerprint density at radius 3 is 2.94 bits per heavy atom. The summed E-state index contributed by atoms with van der Waals surface area (Å²) in [5, 5.41) is 0. The van der Waals surface area contributed by atoms with E-state index < -0.39 is 0 Å². The highest BCUT2D eigenvalue weighted by Gasteiger charge is 2.34. The Morgan fingerprint density at radius 2 is 2.24 bits per heavy atom. The fourth-order valence-electron chi connectivity index (χ4n) is 2.85. The Kier molecular flexibility index (Phi) is 3.23.